The Hall–Kier alpha value is -1.42. The molecule has 1 saturated heterocycles. The molecule has 19 heavy (non-hydrogen) atoms. The molecule has 0 unspecified atom stereocenters. The van der Waals surface area contributed by atoms with Crippen LogP contribution < -0.4 is 5.73 Å². The van der Waals surface area contributed by atoms with Crippen molar-refractivity contribution in [2.45, 2.75) is 38.6 Å². The fourth-order valence-corrected chi connectivity index (χ4v) is 2.56. The molecule has 1 fully saturated rings. The van der Waals surface area contributed by atoms with Crippen LogP contribution in [0, 0.1) is 11.2 Å². The molecule has 0 bridgehead atoms. The number of halogens is 1. The van der Waals surface area contributed by atoms with E-state index in [0.717, 1.165) is 13.1 Å². The van der Waals surface area contributed by atoms with Crippen LogP contribution in [-0.4, -0.2) is 23.8 Å². The summed E-state index contributed by atoms with van der Waals surface area (Å²) in [5.41, 5.74) is 6.51. The molecule has 4 heteroatoms. The van der Waals surface area contributed by atoms with E-state index in [-0.39, 0.29) is 11.7 Å². The van der Waals surface area contributed by atoms with Gasteiger partial charge in [0, 0.05) is 17.7 Å². The van der Waals surface area contributed by atoms with Gasteiger partial charge >= 0.3 is 0 Å². The lowest BCUT2D eigenvalue weighted by Gasteiger charge is -2.24. The van der Waals surface area contributed by atoms with Crippen molar-refractivity contribution in [1.82, 2.24) is 4.90 Å². The lowest BCUT2D eigenvalue weighted by molar-refractivity contribution is 0.237. The average Bonchev–Trinajstić information content (AvgIpc) is 2.34. The summed E-state index contributed by atoms with van der Waals surface area (Å²) in [5.74, 6) is -0.341. The van der Waals surface area contributed by atoms with E-state index in [9.17, 15) is 4.39 Å². The summed E-state index contributed by atoms with van der Waals surface area (Å²) in [4.78, 5) is 2.32. The second kappa shape index (κ2) is 6.66. The second-order valence-electron chi connectivity index (χ2n) is 5.26. The van der Waals surface area contributed by atoms with Crippen molar-refractivity contribution >= 4 is 5.84 Å². The second-order valence-corrected chi connectivity index (χ2v) is 5.26. The van der Waals surface area contributed by atoms with E-state index in [0.29, 0.717) is 17.7 Å². The Morgan fingerprint density at radius 1 is 1.16 bits per heavy atom. The molecule has 2 rings (SSSR count). The number of likely N-dealkylation sites (tertiary alicyclic amines) is 1. The molecule has 1 aromatic carbocycles. The van der Waals surface area contributed by atoms with Gasteiger partial charge in [-0.15, -0.1) is 0 Å². The Morgan fingerprint density at radius 3 is 2.37 bits per heavy atom. The van der Waals surface area contributed by atoms with Crippen LogP contribution in [0.3, 0.4) is 0 Å². The number of hydrogen-bond donors (Lipinski definition) is 2. The molecular formula is C15H22FN3. The summed E-state index contributed by atoms with van der Waals surface area (Å²) in [6.07, 6.45) is 6.29. The maximum Gasteiger partial charge on any atom is 0.128 e. The van der Waals surface area contributed by atoms with Crippen molar-refractivity contribution in [2.75, 3.05) is 13.1 Å². The van der Waals surface area contributed by atoms with Gasteiger partial charge in [-0.25, -0.2) is 4.39 Å². The van der Waals surface area contributed by atoms with Gasteiger partial charge in [-0.3, -0.25) is 10.3 Å². The predicted octanol–water partition coefficient (Wildman–Crippen LogP) is 2.88. The highest BCUT2D eigenvalue weighted by Gasteiger charge is 2.12. The Morgan fingerprint density at radius 2 is 1.79 bits per heavy atom. The van der Waals surface area contributed by atoms with Crippen molar-refractivity contribution in [2.24, 2.45) is 5.73 Å². The minimum atomic E-state index is -0.255. The quantitative estimate of drug-likeness (QED) is 0.651. The average molecular weight is 263 g/mol. The lowest BCUT2D eigenvalue weighted by atomic mass is 10.1. The van der Waals surface area contributed by atoms with Crippen LogP contribution >= 0.6 is 0 Å². The predicted molar refractivity (Wildman–Crippen MR) is 75.8 cm³/mol. The molecule has 0 radical (unpaired) electrons. The van der Waals surface area contributed by atoms with Gasteiger partial charge in [-0.1, -0.05) is 31.4 Å². The molecule has 0 aromatic heterocycles. The van der Waals surface area contributed by atoms with E-state index in [1.54, 1.807) is 12.1 Å². The Bertz CT molecular complexity index is 437. The zero-order valence-corrected chi connectivity index (χ0v) is 11.3. The van der Waals surface area contributed by atoms with Crippen molar-refractivity contribution in [1.29, 1.82) is 5.41 Å². The molecule has 3 N–H and O–H groups in total. The maximum absolute atomic E-state index is 14.0. The third kappa shape index (κ3) is 4.03. The maximum atomic E-state index is 14.0. The van der Waals surface area contributed by atoms with Gasteiger partial charge in [0.2, 0.25) is 0 Å². The van der Waals surface area contributed by atoms with Crippen LogP contribution in [0.2, 0.25) is 0 Å². The molecule has 0 spiro atoms. The first-order valence-corrected chi connectivity index (χ1v) is 7.02. The molecule has 0 amide bonds. The Balaban J connectivity index is 2.03. The number of hydrogen-bond acceptors (Lipinski definition) is 2. The van der Waals surface area contributed by atoms with E-state index in [1.807, 2.05) is 0 Å². The molecule has 0 atom stereocenters. The molecule has 104 valence electrons. The number of amidine groups is 1. The fourth-order valence-electron chi connectivity index (χ4n) is 2.56. The van der Waals surface area contributed by atoms with Gasteiger partial charge in [0.1, 0.15) is 11.7 Å². The van der Waals surface area contributed by atoms with Gasteiger partial charge in [-0.2, -0.15) is 0 Å². The highest BCUT2D eigenvalue weighted by atomic mass is 19.1. The lowest BCUT2D eigenvalue weighted by Crippen LogP contribution is -2.27. The normalized spacial score (nSPS) is 17.7. The van der Waals surface area contributed by atoms with Crippen LogP contribution in [0.25, 0.3) is 0 Å². The minimum Gasteiger partial charge on any atom is -0.384 e. The van der Waals surface area contributed by atoms with Crippen molar-refractivity contribution in [3.63, 3.8) is 0 Å². The van der Waals surface area contributed by atoms with Gasteiger partial charge in [0.25, 0.3) is 0 Å². The third-order valence-electron chi connectivity index (χ3n) is 3.71. The highest BCUT2D eigenvalue weighted by molar-refractivity contribution is 5.94. The van der Waals surface area contributed by atoms with Crippen LogP contribution in [0.4, 0.5) is 4.39 Å². The van der Waals surface area contributed by atoms with Crippen molar-refractivity contribution < 1.29 is 4.39 Å². The first-order chi connectivity index (χ1) is 9.16. The van der Waals surface area contributed by atoms with E-state index >= 15 is 0 Å². The molecule has 1 heterocycles. The number of rotatable bonds is 3. The molecule has 1 aliphatic rings. The van der Waals surface area contributed by atoms with E-state index in [1.165, 1.54) is 38.2 Å². The molecule has 0 aliphatic carbocycles. The monoisotopic (exact) mass is 263 g/mol. The fraction of sp³-hybridized carbons (Fsp3) is 0.533. The highest BCUT2D eigenvalue weighted by Crippen LogP contribution is 2.16. The van der Waals surface area contributed by atoms with E-state index < -0.39 is 0 Å². The summed E-state index contributed by atoms with van der Waals surface area (Å²) in [7, 11) is 0. The van der Waals surface area contributed by atoms with Gasteiger partial charge < -0.3 is 5.73 Å². The van der Waals surface area contributed by atoms with E-state index in [2.05, 4.69) is 4.90 Å². The van der Waals surface area contributed by atoms with Crippen molar-refractivity contribution in [3.05, 3.63) is 35.1 Å². The smallest absolute Gasteiger partial charge is 0.128 e. The molecule has 3 nitrogen and oxygen atoms in total. The van der Waals surface area contributed by atoms with Crippen LogP contribution in [0.15, 0.2) is 18.2 Å². The molecular weight excluding hydrogens is 241 g/mol. The Kier molecular flexibility index (Phi) is 4.91. The summed E-state index contributed by atoms with van der Waals surface area (Å²) < 4.78 is 14.0. The SMILES string of the molecule is N=C(N)c1ccc(CN2CCCCCCC2)c(F)c1. The first kappa shape index (κ1) is 14.0. The number of nitrogen functional groups attached to an aromatic ring is 1. The summed E-state index contributed by atoms with van der Waals surface area (Å²) >= 11 is 0. The van der Waals surface area contributed by atoms with Crippen molar-refractivity contribution in [3.8, 4) is 0 Å². The number of nitrogens with one attached hydrogen (secondary N) is 1. The van der Waals surface area contributed by atoms with E-state index in [4.69, 9.17) is 11.1 Å². The van der Waals surface area contributed by atoms with Crippen LogP contribution in [-0.2, 0) is 6.54 Å². The largest absolute Gasteiger partial charge is 0.384 e. The number of nitrogens with zero attached hydrogens (tertiary/aromatic N) is 1. The molecule has 1 aromatic rings. The number of nitrogens with two attached hydrogens (primary N) is 1. The van der Waals surface area contributed by atoms with Gasteiger partial charge in [-0.05, 0) is 32.0 Å². The first-order valence-electron chi connectivity index (χ1n) is 7.02. The zero-order chi connectivity index (χ0) is 13.7. The molecule has 1 aliphatic heterocycles. The summed E-state index contributed by atoms with van der Waals surface area (Å²) in [6.45, 7) is 2.76. The zero-order valence-electron chi connectivity index (χ0n) is 11.3. The minimum absolute atomic E-state index is 0.0864. The summed E-state index contributed by atoms with van der Waals surface area (Å²) in [6, 6.07) is 4.84. The third-order valence-corrected chi connectivity index (χ3v) is 3.71. The van der Waals surface area contributed by atoms with Crippen LogP contribution in [0.1, 0.15) is 43.2 Å². The van der Waals surface area contributed by atoms with Gasteiger partial charge in [0.05, 0.1) is 0 Å². The number of benzene rings is 1. The molecule has 0 saturated carbocycles. The topological polar surface area (TPSA) is 53.1 Å². The summed E-state index contributed by atoms with van der Waals surface area (Å²) in [5, 5.41) is 7.31. The Labute approximate surface area is 114 Å². The van der Waals surface area contributed by atoms with Crippen LogP contribution in [0.5, 0.6) is 0 Å². The van der Waals surface area contributed by atoms with Gasteiger partial charge in [0.15, 0.2) is 0 Å². The standard InChI is InChI=1S/C15H22FN3/c16-14-10-12(15(17)18)6-7-13(14)11-19-8-4-2-1-3-5-9-19/h6-7,10H,1-5,8-9,11H2,(H3,17,18).